The summed E-state index contributed by atoms with van der Waals surface area (Å²) in [4.78, 5) is 0. The Hall–Kier alpha value is -7.48. The van der Waals surface area contributed by atoms with E-state index in [9.17, 15) is 0 Å². The highest BCUT2D eigenvalue weighted by Gasteiger charge is 2.20. The van der Waals surface area contributed by atoms with Gasteiger partial charge in [0.2, 0.25) is 0 Å². The molecule has 1 aromatic heterocycles. The van der Waals surface area contributed by atoms with E-state index >= 15 is 0 Å². The van der Waals surface area contributed by atoms with E-state index in [1.807, 2.05) is 0 Å². The average Bonchev–Trinajstić information content (AvgIpc) is 3.66. The largest absolute Gasteiger partial charge is 0.309 e. The number of nitrogens with zero attached hydrogens (tertiary/aromatic N) is 1. The Morgan fingerprint density at radius 3 is 1.03 bits per heavy atom. The van der Waals surface area contributed by atoms with Gasteiger partial charge in [-0.1, -0.05) is 211 Å². The highest BCUT2D eigenvalue weighted by Crippen LogP contribution is 2.45. The molecule has 0 radical (unpaired) electrons. The van der Waals surface area contributed by atoms with Crippen molar-refractivity contribution in [2.45, 2.75) is 52.4 Å². The van der Waals surface area contributed by atoms with E-state index in [0.29, 0.717) is 0 Å². The zero-order chi connectivity index (χ0) is 44.5. The van der Waals surface area contributed by atoms with Crippen molar-refractivity contribution >= 4 is 43.4 Å². The van der Waals surface area contributed by atoms with Gasteiger partial charge < -0.3 is 4.57 Å². The molecule has 1 heterocycles. The predicted molar refractivity (Wildman–Crippen MR) is 280 cm³/mol. The lowest BCUT2D eigenvalue weighted by Crippen LogP contribution is -2.10. The van der Waals surface area contributed by atoms with Gasteiger partial charge in [0.15, 0.2) is 0 Å². The summed E-state index contributed by atoms with van der Waals surface area (Å²) >= 11 is 0. The molecule has 0 atom stereocenters. The van der Waals surface area contributed by atoms with Crippen LogP contribution >= 0.6 is 0 Å². The van der Waals surface area contributed by atoms with E-state index in [1.165, 1.54) is 110 Å². The summed E-state index contributed by atoms with van der Waals surface area (Å²) in [5, 5.41) is 7.54. The highest BCUT2D eigenvalue weighted by atomic mass is 15.0. The Kier molecular flexibility index (Phi) is 9.70. The van der Waals surface area contributed by atoms with Gasteiger partial charge in [0.25, 0.3) is 0 Å². The molecule has 0 saturated heterocycles. The van der Waals surface area contributed by atoms with E-state index in [1.54, 1.807) is 0 Å². The van der Waals surface area contributed by atoms with Gasteiger partial charge in [-0.15, -0.1) is 0 Å². The van der Waals surface area contributed by atoms with E-state index in [4.69, 9.17) is 0 Å². The normalized spacial score (nSPS) is 12.2. The number of fused-ring (bicyclic) bond motifs is 5. The first kappa shape index (κ1) is 40.3. The zero-order valence-corrected chi connectivity index (χ0v) is 38.2. The fourth-order valence-corrected chi connectivity index (χ4v) is 9.98. The summed E-state index contributed by atoms with van der Waals surface area (Å²) in [6.45, 7) is 13.6. The van der Waals surface area contributed by atoms with Gasteiger partial charge in [0, 0.05) is 16.5 Å². The summed E-state index contributed by atoms with van der Waals surface area (Å²) in [7, 11) is 0. The van der Waals surface area contributed by atoms with E-state index < -0.39 is 0 Å². The fourth-order valence-electron chi connectivity index (χ4n) is 9.98. The second-order valence-electron chi connectivity index (χ2n) is 19.8. The molecule has 0 amide bonds. The molecule has 1 nitrogen and oxygen atoms in total. The third-order valence-electron chi connectivity index (χ3n) is 13.5. The summed E-state index contributed by atoms with van der Waals surface area (Å²) in [6.07, 6.45) is 0. The first-order valence-corrected chi connectivity index (χ1v) is 23.0. The molecule has 0 aliphatic carbocycles. The molecule has 314 valence electrons. The smallest absolute Gasteiger partial charge is 0.0541 e. The molecule has 11 rings (SSSR count). The maximum atomic E-state index is 2.44. The van der Waals surface area contributed by atoms with Gasteiger partial charge in [0.1, 0.15) is 0 Å². The molecule has 0 fully saturated rings. The van der Waals surface area contributed by atoms with Crippen LogP contribution < -0.4 is 0 Å². The van der Waals surface area contributed by atoms with Crippen LogP contribution in [-0.2, 0) is 10.8 Å². The number of hydrogen-bond acceptors (Lipinski definition) is 0. The van der Waals surface area contributed by atoms with Crippen LogP contribution in [0.3, 0.4) is 0 Å². The maximum absolute atomic E-state index is 2.44. The molecule has 1 heteroatoms. The maximum Gasteiger partial charge on any atom is 0.0541 e. The molecular weight excluding hydrogens is 783 g/mol. The summed E-state index contributed by atoms with van der Waals surface area (Å²) in [5.74, 6) is 0. The molecule has 0 N–H and O–H groups in total. The van der Waals surface area contributed by atoms with Crippen LogP contribution in [-0.4, -0.2) is 4.57 Å². The molecule has 0 bridgehead atoms. The Morgan fingerprint density at radius 1 is 0.262 bits per heavy atom. The van der Waals surface area contributed by atoms with E-state index in [-0.39, 0.29) is 10.8 Å². The lowest BCUT2D eigenvalue weighted by molar-refractivity contribution is 0.590. The van der Waals surface area contributed by atoms with Gasteiger partial charge in [-0.25, -0.2) is 0 Å². The zero-order valence-electron chi connectivity index (χ0n) is 38.2. The Balaban J connectivity index is 1.05. The molecule has 11 aromatic rings. The predicted octanol–water partition coefficient (Wildman–Crippen LogP) is 18.0. The third kappa shape index (κ3) is 7.22. The van der Waals surface area contributed by atoms with Gasteiger partial charge in [-0.3, -0.25) is 0 Å². The number of benzene rings is 10. The van der Waals surface area contributed by atoms with Crippen molar-refractivity contribution in [3.05, 3.63) is 223 Å². The number of hydrogen-bond donors (Lipinski definition) is 0. The van der Waals surface area contributed by atoms with Gasteiger partial charge >= 0.3 is 0 Å². The topological polar surface area (TPSA) is 4.93 Å². The van der Waals surface area contributed by atoms with Crippen molar-refractivity contribution in [1.82, 2.24) is 4.57 Å². The van der Waals surface area contributed by atoms with Crippen molar-refractivity contribution in [1.29, 1.82) is 0 Å². The lowest BCUT2D eigenvalue weighted by Gasteiger charge is -2.19. The minimum absolute atomic E-state index is 0.104. The summed E-state index contributed by atoms with van der Waals surface area (Å²) in [6, 6.07) is 79.1. The standard InChI is InChI=1S/C64H53N/c1-63(2,3)50-30-21-42(22-31-50)48-28-37-59-56(39-48)57-40-49(43-23-32-51(33-24-43)64(4,5)6)29-38-60(57)65(59)52-34-25-44(26-35-52)47-27-36-55-58(41-47)62(46-17-11-8-12-18-46)54-20-14-13-19-53(54)61(55)45-15-9-7-10-16-45/h7-41H,1-6H3. The Bertz CT molecular complexity index is 3430. The van der Waals surface area contributed by atoms with Crippen molar-refractivity contribution in [2.75, 3.05) is 0 Å². The molecule has 0 aliphatic rings. The van der Waals surface area contributed by atoms with Crippen LogP contribution in [0.1, 0.15) is 52.7 Å². The van der Waals surface area contributed by atoms with Gasteiger partial charge in [0.05, 0.1) is 11.0 Å². The van der Waals surface area contributed by atoms with Crippen molar-refractivity contribution in [3.8, 4) is 61.3 Å². The Morgan fingerprint density at radius 2 is 0.600 bits per heavy atom. The molecule has 0 saturated carbocycles. The van der Waals surface area contributed by atoms with Crippen LogP contribution in [0.25, 0.3) is 105 Å². The summed E-state index contributed by atoms with van der Waals surface area (Å²) in [5.41, 5.74) is 18.7. The minimum Gasteiger partial charge on any atom is -0.309 e. The second kappa shape index (κ2) is 15.6. The monoisotopic (exact) mass is 835 g/mol. The highest BCUT2D eigenvalue weighted by molar-refractivity contribution is 6.22. The van der Waals surface area contributed by atoms with Crippen molar-refractivity contribution < 1.29 is 0 Å². The van der Waals surface area contributed by atoms with E-state index in [2.05, 4.69) is 258 Å². The van der Waals surface area contributed by atoms with Crippen LogP contribution in [0.2, 0.25) is 0 Å². The van der Waals surface area contributed by atoms with Crippen LogP contribution in [0.5, 0.6) is 0 Å². The van der Waals surface area contributed by atoms with Gasteiger partial charge in [-0.2, -0.15) is 0 Å². The number of rotatable bonds is 6. The van der Waals surface area contributed by atoms with Crippen LogP contribution in [0.4, 0.5) is 0 Å². The van der Waals surface area contributed by atoms with Crippen LogP contribution in [0.15, 0.2) is 212 Å². The number of aromatic nitrogens is 1. The van der Waals surface area contributed by atoms with Crippen molar-refractivity contribution in [3.63, 3.8) is 0 Å². The first-order chi connectivity index (χ1) is 31.5. The quantitative estimate of drug-likeness (QED) is 0.147. The fraction of sp³-hybridized carbons (Fsp3) is 0.125. The third-order valence-corrected chi connectivity index (χ3v) is 13.5. The van der Waals surface area contributed by atoms with E-state index in [0.717, 1.165) is 5.69 Å². The van der Waals surface area contributed by atoms with Crippen molar-refractivity contribution in [2.24, 2.45) is 0 Å². The molecule has 0 unspecified atom stereocenters. The second-order valence-corrected chi connectivity index (χ2v) is 19.8. The minimum atomic E-state index is 0.104. The molecule has 65 heavy (non-hydrogen) atoms. The first-order valence-electron chi connectivity index (χ1n) is 23.0. The Labute approximate surface area is 383 Å². The lowest BCUT2D eigenvalue weighted by atomic mass is 9.85. The SMILES string of the molecule is CC(C)(C)c1ccc(-c2ccc3c(c2)c2cc(-c4ccc(C(C)(C)C)cc4)ccc2n3-c2ccc(-c3ccc4c(-c5ccccc5)c5ccccc5c(-c5ccccc5)c4c3)cc2)cc1. The van der Waals surface area contributed by atoms with Gasteiger partial charge in [-0.05, 0) is 142 Å². The average molecular weight is 836 g/mol. The molecule has 0 spiro atoms. The molecular formula is C64H53N. The molecule has 0 aliphatic heterocycles. The molecule has 10 aromatic carbocycles. The van der Waals surface area contributed by atoms with Crippen LogP contribution in [0, 0.1) is 0 Å². The summed E-state index contributed by atoms with van der Waals surface area (Å²) < 4.78 is 2.44.